The van der Waals surface area contributed by atoms with Crippen LogP contribution in [0.2, 0.25) is 0 Å². The predicted molar refractivity (Wildman–Crippen MR) is 296 cm³/mol. The van der Waals surface area contributed by atoms with E-state index in [1.165, 1.54) is 257 Å². The van der Waals surface area contributed by atoms with Crippen LogP contribution in [-0.4, -0.2) is 47.4 Å². The molecule has 0 aromatic heterocycles. The molecule has 68 heavy (non-hydrogen) atoms. The molecule has 0 radical (unpaired) electrons. The normalized spacial score (nSPS) is 12.7. The number of carbonyl (C=O) groups is 2. The third kappa shape index (κ3) is 53.7. The fourth-order valence-corrected chi connectivity index (χ4v) is 9.51. The molecule has 6 nitrogen and oxygen atoms in total. The van der Waals surface area contributed by atoms with Crippen LogP contribution < -0.4 is 5.32 Å². The second-order valence-corrected chi connectivity index (χ2v) is 21.0. The monoisotopic (exact) mass is 958 g/mol. The van der Waals surface area contributed by atoms with Gasteiger partial charge in [0.1, 0.15) is 0 Å². The molecule has 0 heterocycles. The molecular formula is C62H119NO5. The van der Waals surface area contributed by atoms with E-state index in [9.17, 15) is 19.8 Å². The smallest absolute Gasteiger partial charge is 0.305 e. The molecule has 3 N–H and O–H groups in total. The van der Waals surface area contributed by atoms with Gasteiger partial charge in [-0.3, -0.25) is 9.59 Å². The molecule has 0 aliphatic carbocycles. The summed E-state index contributed by atoms with van der Waals surface area (Å²) < 4.78 is 5.47. The van der Waals surface area contributed by atoms with Crippen molar-refractivity contribution in [1.82, 2.24) is 5.32 Å². The number of allylic oxidation sites excluding steroid dienone is 4. The first kappa shape index (κ1) is 66.3. The molecule has 0 saturated heterocycles. The largest absolute Gasteiger partial charge is 0.466 e. The van der Waals surface area contributed by atoms with Crippen molar-refractivity contribution in [2.24, 2.45) is 0 Å². The molecule has 2 atom stereocenters. The lowest BCUT2D eigenvalue weighted by molar-refractivity contribution is -0.143. The first-order valence-electron chi connectivity index (χ1n) is 30.6. The van der Waals surface area contributed by atoms with Gasteiger partial charge in [0.05, 0.1) is 25.4 Å². The number of aliphatic hydroxyl groups excluding tert-OH is 2. The van der Waals surface area contributed by atoms with Gasteiger partial charge in [0, 0.05) is 12.8 Å². The predicted octanol–water partition coefficient (Wildman–Crippen LogP) is 19.0. The Morgan fingerprint density at radius 3 is 1.07 bits per heavy atom. The summed E-state index contributed by atoms with van der Waals surface area (Å²) in [6, 6.07) is -0.539. The molecular weight excluding hydrogens is 839 g/mol. The fraction of sp³-hybridized carbons (Fsp3) is 0.903. The number of hydrogen-bond donors (Lipinski definition) is 3. The number of carbonyl (C=O) groups excluding carboxylic acids is 2. The highest BCUT2D eigenvalue weighted by Crippen LogP contribution is 2.17. The van der Waals surface area contributed by atoms with E-state index in [0.717, 1.165) is 44.9 Å². The van der Waals surface area contributed by atoms with E-state index in [-0.39, 0.29) is 18.5 Å². The van der Waals surface area contributed by atoms with Gasteiger partial charge in [0.25, 0.3) is 0 Å². The van der Waals surface area contributed by atoms with E-state index < -0.39 is 12.1 Å². The number of unbranched alkanes of at least 4 members (excludes halogenated alkanes) is 42. The van der Waals surface area contributed by atoms with Crippen molar-refractivity contribution in [2.45, 2.75) is 347 Å². The number of amides is 1. The maximum absolute atomic E-state index is 12.4. The molecule has 1 amide bonds. The van der Waals surface area contributed by atoms with Crippen molar-refractivity contribution in [3.8, 4) is 0 Å². The van der Waals surface area contributed by atoms with Crippen molar-refractivity contribution in [1.29, 1.82) is 0 Å². The Kier molecular flexibility index (Phi) is 56.5. The summed E-state index contributed by atoms with van der Waals surface area (Å²) in [6.45, 7) is 4.93. The number of ether oxygens (including phenoxy) is 1. The SMILES string of the molecule is CCCCC/C=C\CCCCCCCC(=O)OCCCCCCCCCCCCCC/C=C\CCCCCCCCCCCCCCC(=O)NC(CO)C(O)CCCCCCCCCCCCC. The first-order valence-corrected chi connectivity index (χ1v) is 30.6. The molecule has 0 aromatic carbocycles. The minimum Gasteiger partial charge on any atom is -0.466 e. The quantitative estimate of drug-likeness (QED) is 0.0321. The summed E-state index contributed by atoms with van der Waals surface area (Å²) >= 11 is 0. The van der Waals surface area contributed by atoms with Crippen LogP contribution >= 0.6 is 0 Å². The van der Waals surface area contributed by atoms with Crippen molar-refractivity contribution in [2.75, 3.05) is 13.2 Å². The zero-order valence-corrected chi connectivity index (χ0v) is 45.9. The van der Waals surface area contributed by atoms with Crippen molar-refractivity contribution < 1.29 is 24.5 Å². The minimum atomic E-state index is -0.662. The molecule has 0 spiro atoms. The standard InChI is InChI=1S/C62H119NO5/c1-3-5-7-9-11-13-15-36-40-44-48-52-56-62(67)68-57-53-49-45-41-37-33-31-29-27-25-23-21-19-17-16-18-20-22-24-26-28-30-32-35-39-43-47-51-55-61(66)63-59(58-64)60(65)54-50-46-42-38-34-14-12-10-8-6-4-2/h11,13,16-17,59-60,64-65H,3-10,12,14-15,18-58H2,1-2H3,(H,63,66)/b13-11-,17-16-. The molecule has 0 bridgehead atoms. The number of rotatable bonds is 57. The second-order valence-electron chi connectivity index (χ2n) is 21.0. The van der Waals surface area contributed by atoms with Crippen molar-refractivity contribution >= 4 is 11.9 Å². The van der Waals surface area contributed by atoms with E-state index in [1.54, 1.807) is 0 Å². The summed E-state index contributed by atoms with van der Waals surface area (Å²) in [4.78, 5) is 24.4. The van der Waals surface area contributed by atoms with Gasteiger partial charge in [-0.2, -0.15) is 0 Å². The number of aliphatic hydroxyl groups is 2. The average Bonchev–Trinajstić information content (AvgIpc) is 3.34. The van der Waals surface area contributed by atoms with Crippen LogP contribution in [0.25, 0.3) is 0 Å². The van der Waals surface area contributed by atoms with Crippen LogP contribution in [0.1, 0.15) is 335 Å². The molecule has 0 aliphatic rings. The Morgan fingerprint density at radius 2 is 0.691 bits per heavy atom. The second kappa shape index (κ2) is 57.9. The number of hydrogen-bond acceptors (Lipinski definition) is 5. The Morgan fingerprint density at radius 1 is 0.397 bits per heavy atom. The molecule has 0 aromatic rings. The van der Waals surface area contributed by atoms with Gasteiger partial charge in [-0.25, -0.2) is 0 Å². The lowest BCUT2D eigenvalue weighted by Crippen LogP contribution is -2.45. The molecule has 0 fully saturated rings. The van der Waals surface area contributed by atoms with Gasteiger partial charge >= 0.3 is 5.97 Å². The summed E-state index contributed by atoms with van der Waals surface area (Å²) in [5.74, 6) is -0.0292. The molecule has 0 saturated carbocycles. The molecule has 0 aliphatic heterocycles. The number of esters is 1. The van der Waals surface area contributed by atoms with Crippen molar-refractivity contribution in [3.05, 3.63) is 24.3 Å². The Balaban J connectivity index is 3.36. The van der Waals surface area contributed by atoms with Crippen LogP contribution in [0.5, 0.6) is 0 Å². The first-order chi connectivity index (χ1) is 33.5. The van der Waals surface area contributed by atoms with E-state index >= 15 is 0 Å². The van der Waals surface area contributed by atoms with Crippen LogP contribution in [0.4, 0.5) is 0 Å². The maximum Gasteiger partial charge on any atom is 0.305 e. The highest BCUT2D eigenvalue weighted by atomic mass is 16.5. The van der Waals surface area contributed by atoms with Gasteiger partial charge in [-0.15, -0.1) is 0 Å². The third-order valence-electron chi connectivity index (χ3n) is 14.2. The van der Waals surface area contributed by atoms with E-state index in [0.29, 0.717) is 25.9 Å². The van der Waals surface area contributed by atoms with Crippen LogP contribution in [-0.2, 0) is 14.3 Å². The maximum atomic E-state index is 12.4. The summed E-state index contributed by atoms with van der Waals surface area (Å²) in [5, 5.41) is 23.2. The van der Waals surface area contributed by atoms with Gasteiger partial charge < -0.3 is 20.3 Å². The van der Waals surface area contributed by atoms with Gasteiger partial charge in [-0.05, 0) is 77.0 Å². The van der Waals surface area contributed by atoms with Crippen LogP contribution in [0, 0.1) is 0 Å². The van der Waals surface area contributed by atoms with E-state index in [2.05, 4.69) is 43.5 Å². The Labute approximate surface area is 424 Å². The average molecular weight is 959 g/mol. The van der Waals surface area contributed by atoms with Gasteiger partial charge in [0.15, 0.2) is 0 Å². The third-order valence-corrected chi connectivity index (χ3v) is 14.2. The fourth-order valence-electron chi connectivity index (χ4n) is 9.51. The van der Waals surface area contributed by atoms with Gasteiger partial charge in [0.2, 0.25) is 5.91 Å². The van der Waals surface area contributed by atoms with Gasteiger partial charge in [-0.1, -0.05) is 269 Å². The zero-order chi connectivity index (χ0) is 49.3. The van der Waals surface area contributed by atoms with E-state index in [4.69, 9.17) is 4.74 Å². The van der Waals surface area contributed by atoms with E-state index in [1.807, 2.05) is 0 Å². The summed E-state index contributed by atoms with van der Waals surface area (Å²) in [6.07, 6.45) is 70.5. The van der Waals surface area contributed by atoms with Crippen molar-refractivity contribution in [3.63, 3.8) is 0 Å². The molecule has 2 unspecified atom stereocenters. The molecule has 0 rings (SSSR count). The highest BCUT2D eigenvalue weighted by Gasteiger charge is 2.20. The minimum absolute atomic E-state index is 0.00575. The lowest BCUT2D eigenvalue weighted by atomic mass is 10.0. The molecule has 6 heteroatoms. The zero-order valence-electron chi connectivity index (χ0n) is 45.9. The number of nitrogens with one attached hydrogen (secondary N) is 1. The molecule has 402 valence electrons. The Hall–Kier alpha value is -1.66. The lowest BCUT2D eigenvalue weighted by Gasteiger charge is -2.22. The highest BCUT2D eigenvalue weighted by molar-refractivity contribution is 5.76. The topological polar surface area (TPSA) is 95.9 Å². The summed E-state index contributed by atoms with van der Waals surface area (Å²) in [5.41, 5.74) is 0. The van der Waals surface area contributed by atoms with Crippen LogP contribution in [0.3, 0.4) is 0 Å². The van der Waals surface area contributed by atoms with Crippen LogP contribution in [0.15, 0.2) is 24.3 Å². The summed E-state index contributed by atoms with van der Waals surface area (Å²) in [7, 11) is 0. The Bertz CT molecular complexity index is 1060.